The number of carbonyl (C=O) groups is 3. The number of amides is 3. The maximum Gasteiger partial charge on any atom is 0.410 e. The van der Waals surface area contributed by atoms with Crippen molar-refractivity contribution in [3.8, 4) is 17.4 Å². The van der Waals surface area contributed by atoms with Crippen molar-refractivity contribution in [3.63, 3.8) is 0 Å². The van der Waals surface area contributed by atoms with Crippen LogP contribution in [-0.4, -0.2) is 70.6 Å². The number of benzene rings is 2. The van der Waals surface area contributed by atoms with Gasteiger partial charge >= 0.3 is 6.09 Å². The first-order valence-electron chi connectivity index (χ1n) is 15.3. The molecule has 4 N–H and O–H groups in total. The van der Waals surface area contributed by atoms with Gasteiger partial charge in [0.1, 0.15) is 17.1 Å². The fraction of sp³-hybridized carbons (Fsp3) is 0.394. The van der Waals surface area contributed by atoms with Crippen molar-refractivity contribution >= 4 is 29.5 Å². The third-order valence-corrected chi connectivity index (χ3v) is 8.40. The number of hydrazine groups is 2. The van der Waals surface area contributed by atoms with Gasteiger partial charge in [-0.2, -0.15) is 5.26 Å². The molecule has 0 unspecified atom stereocenters. The van der Waals surface area contributed by atoms with Gasteiger partial charge in [0.05, 0.1) is 41.4 Å². The van der Waals surface area contributed by atoms with Crippen LogP contribution in [0.25, 0.3) is 21.8 Å². The third kappa shape index (κ3) is 9.05. The van der Waals surface area contributed by atoms with E-state index in [1.54, 1.807) is 62.4 Å². The number of nitrogens with two attached hydrogens (primary N) is 2. The molecule has 0 bridgehead atoms. The average molecular weight is 676 g/mol. The maximum absolute atomic E-state index is 13.8. The quantitative estimate of drug-likeness (QED) is 0.0674. The van der Waals surface area contributed by atoms with Gasteiger partial charge in [0.2, 0.25) is 5.91 Å². The van der Waals surface area contributed by atoms with Gasteiger partial charge in [-0.3, -0.25) is 19.6 Å². The summed E-state index contributed by atoms with van der Waals surface area (Å²) in [4.78, 5) is 44.2. The second kappa shape index (κ2) is 15.7. The van der Waals surface area contributed by atoms with Gasteiger partial charge in [0.15, 0.2) is 0 Å². The summed E-state index contributed by atoms with van der Waals surface area (Å²) in [6.45, 7) is 5.51. The van der Waals surface area contributed by atoms with Gasteiger partial charge < -0.3 is 14.1 Å². The Bertz CT molecular complexity index is 1720. The summed E-state index contributed by atoms with van der Waals surface area (Å²) in [6, 6.07) is 16.6. The summed E-state index contributed by atoms with van der Waals surface area (Å²) in [5, 5.41) is 15.0. The number of nitrogens with zero attached hydrogens (tertiary/aromatic N) is 7. The molecule has 15 heteroatoms. The number of azide groups is 1. The second-order valence-electron chi connectivity index (χ2n) is 12.3. The maximum atomic E-state index is 13.8. The van der Waals surface area contributed by atoms with Gasteiger partial charge in [-0.05, 0) is 93.6 Å². The molecule has 48 heavy (non-hydrogen) atoms. The topological polar surface area (TPSA) is 208 Å². The van der Waals surface area contributed by atoms with E-state index in [2.05, 4.69) is 16.1 Å². The van der Waals surface area contributed by atoms with Gasteiger partial charge in [-0.25, -0.2) is 16.5 Å². The Kier molecular flexibility index (Phi) is 11.7. The molecule has 3 aromatic rings. The van der Waals surface area contributed by atoms with E-state index in [4.69, 9.17) is 38.0 Å². The number of nitriles is 1. The van der Waals surface area contributed by atoms with E-state index in [0.717, 1.165) is 15.6 Å². The van der Waals surface area contributed by atoms with Crippen LogP contribution in [0.2, 0.25) is 5.02 Å². The van der Waals surface area contributed by atoms with Crippen LogP contribution >= 0.6 is 11.6 Å². The summed E-state index contributed by atoms with van der Waals surface area (Å²) < 4.78 is 11.2. The van der Waals surface area contributed by atoms with E-state index in [0.29, 0.717) is 35.5 Å². The zero-order valence-corrected chi connectivity index (χ0v) is 27.8. The standard InChI is InChI=1S/C33H38ClN9O5/c1-21-4-11-29(47-21)25-9-10-28(34)27(17-25)31(45)43(38)26(16-22-5-7-23(18-35)8-6-22)19-42(37)30(44)24-12-14-41(15-13-24)32(46)48-33(2,3)20-39-40-36/h4-11,17,24,26H,12-16,19-20,37-38H2,1-3H3/t26-/m1/s1. The van der Waals surface area contributed by atoms with Gasteiger partial charge in [0, 0.05) is 29.5 Å². The highest BCUT2D eigenvalue weighted by atomic mass is 35.5. The van der Waals surface area contributed by atoms with Crippen LogP contribution in [0.15, 0.2) is 64.1 Å². The molecular weight excluding hydrogens is 638 g/mol. The molecule has 2 aromatic carbocycles. The number of likely N-dealkylation sites (tertiary alicyclic amines) is 1. The fourth-order valence-corrected chi connectivity index (χ4v) is 5.57. The Morgan fingerprint density at radius 1 is 1.17 bits per heavy atom. The van der Waals surface area contributed by atoms with Crippen LogP contribution < -0.4 is 11.7 Å². The van der Waals surface area contributed by atoms with Gasteiger partial charge in [-0.1, -0.05) is 28.8 Å². The van der Waals surface area contributed by atoms with Gasteiger partial charge in [-0.15, -0.1) is 0 Å². The van der Waals surface area contributed by atoms with Gasteiger partial charge in [0.25, 0.3) is 5.91 Å². The molecule has 0 spiro atoms. The number of ether oxygens (including phenoxy) is 1. The lowest BCUT2D eigenvalue weighted by molar-refractivity contribution is -0.138. The predicted octanol–water partition coefficient (Wildman–Crippen LogP) is 5.35. The summed E-state index contributed by atoms with van der Waals surface area (Å²) in [6.07, 6.45) is 0.352. The average Bonchev–Trinajstić information content (AvgIpc) is 3.52. The van der Waals surface area contributed by atoms with E-state index in [-0.39, 0.29) is 49.1 Å². The number of piperidine rings is 1. The number of halogens is 1. The normalized spacial score (nSPS) is 14.0. The zero-order valence-electron chi connectivity index (χ0n) is 27.0. The molecule has 4 rings (SSSR count). The number of carbonyl (C=O) groups excluding carboxylic acids is 3. The summed E-state index contributed by atoms with van der Waals surface area (Å²) in [5.74, 6) is 12.7. The van der Waals surface area contributed by atoms with Crippen molar-refractivity contribution in [3.05, 3.63) is 92.5 Å². The molecule has 2 heterocycles. The number of rotatable bonds is 11. The Labute approximate surface area is 283 Å². The third-order valence-electron chi connectivity index (χ3n) is 8.08. The summed E-state index contributed by atoms with van der Waals surface area (Å²) in [5.41, 5.74) is 9.61. The van der Waals surface area contributed by atoms with E-state index >= 15 is 0 Å². The van der Waals surface area contributed by atoms with E-state index in [9.17, 15) is 19.6 Å². The van der Waals surface area contributed by atoms with Crippen molar-refractivity contribution in [2.24, 2.45) is 22.7 Å². The lowest BCUT2D eigenvalue weighted by Crippen LogP contribution is -2.56. The van der Waals surface area contributed by atoms with E-state index in [1.807, 2.05) is 13.0 Å². The van der Waals surface area contributed by atoms with Crippen molar-refractivity contribution in [1.82, 2.24) is 14.9 Å². The van der Waals surface area contributed by atoms with Crippen molar-refractivity contribution in [2.45, 2.75) is 51.7 Å². The number of aryl methyl sites for hydroxylation is 1. The number of hydrogen-bond acceptors (Lipinski definition) is 9. The highest BCUT2D eigenvalue weighted by Gasteiger charge is 2.34. The predicted molar refractivity (Wildman–Crippen MR) is 178 cm³/mol. The Balaban J connectivity index is 1.48. The smallest absolute Gasteiger partial charge is 0.410 e. The summed E-state index contributed by atoms with van der Waals surface area (Å²) in [7, 11) is 0. The van der Waals surface area contributed by atoms with Crippen LogP contribution in [0.5, 0.6) is 0 Å². The van der Waals surface area contributed by atoms with Crippen molar-refractivity contribution < 1.29 is 23.5 Å². The lowest BCUT2D eigenvalue weighted by Gasteiger charge is -2.36. The molecule has 1 fully saturated rings. The molecule has 3 amide bonds. The first-order valence-corrected chi connectivity index (χ1v) is 15.7. The van der Waals surface area contributed by atoms with Crippen LogP contribution in [0.3, 0.4) is 0 Å². The lowest BCUT2D eigenvalue weighted by atomic mass is 9.95. The minimum Gasteiger partial charge on any atom is -0.461 e. The number of hydrogen-bond donors (Lipinski definition) is 2. The van der Waals surface area contributed by atoms with Crippen molar-refractivity contribution in [1.29, 1.82) is 5.26 Å². The molecule has 0 radical (unpaired) electrons. The molecule has 0 saturated carbocycles. The minimum absolute atomic E-state index is 0.0159. The molecular formula is C33H38ClN9O5. The molecule has 1 aliphatic heterocycles. The van der Waals surface area contributed by atoms with Crippen LogP contribution in [-0.2, 0) is 16.0 Å². The van der Waals surface area contributed by atoms with Crippen LogP contribution in [0.1, 0.15) is 53.9 Å². The van der Waals surface area contributed by atoms with E-state index < -0.39 is 29.6 Å². The summed E-state index contributed by atoms with van der Waals surface area (Å²) >= 11 is 6.47. The Morgan fingerprint density at radius 2 is 1.85 bits per heavy atom. The van der Waals surface area contributed by atoms with Crippen LogP contribution in [0, 0.1) is 24.2 Å². The second-order valence-corrected chi connectivity index (χ2v) is 12.7. The largest absolute Gasteiger partial charge is 0.461 e. The first-order chi connectivity index (χ1) is 22.8. The molecule has 252 valence electrons. The highest BCUT2D eigenvalue weighted by Crippen LogP contribution is 2.28. The first kappa shape index (κ1) is 35.8. The Hall–Kier alpha value is -5.06. The molecule has 1 aromatic heterocycles. The SMILES string of the molecule is Cc1ccc(-c2ccc(Cl)c(C(=O)N(N)[C@H](Cc3ccc(C#N)cc3)CN(N)C(=O)C3CCN(C(=O)OC(C)(C)CN=[N+]=[N-])CC3)c2)o1. The number of furan rings is 1. The van der Waals surface area contributed by atoms with Crippen molar-refractivity contribution in [2.75, 3.05) is 26.2 Å². The molecule has 1 aliphatic rings. The molecule has 1 atom stereocenters. The Morgan fingerprint density at radius 3 is 2.46 bits per heavy atom. The van der Waals surface area contributed by atoms with Crippen LogP contribution in [0.4, 0.5) is 4.79 Å². The van der Waals surface area contributed by atoms with E-state index in [1.165, 1.54) is 4.90 Å². The highest BCUT2D eigenvalue weighted by molar-refractivity contribution is 6.34. The minimum atomic E-state index is -0.983. The zero-order chi connectivity index (χ0) is 35.0. The molecule has 1 saturated heterocycles. The fourth-order valence-electron chi connectivity index (χ4n) is 5.37. The monoisotopic (exact) mass is 675 g/mol. The molecule has 14 nitrogen and oxygen atoms in total. The molecule has 0 aliphatic carbocycles.